The van der Waals surface area contributed by atoms with Crippen LogP contribution in [0.15, 0.2) is 18.2 Å². The number of ether oxygens (including phenoxy) is 1. The molecule has 0 unspecified atom stereocenters. The van der Waals surface area contributed by atoms with Crippen LogP contribution in [-0.4, -0.2) is 6.09 Å². The molecule has 1 amide bonds. The van der Waals surface area contributed by atoms with E-state index in [4.69, 9.17) is 0 Å². The average molecular weight is 167 g/mol. The first-order chi connectivity index (χ1) is 5.75. The van der Waals surface area contributed by atoms with Crippen LogP contribution in [0.1, 0.15) is 5.56 Å². The number of rotatable bonds is 0. The van der Waals surface area contributed by atoms with Crippen LogP contribution in [-0.2, 0) is 11.3 Å². The summed E-state index contributed by atoms with van der Waals surface area (Å²) < 4.78 is 17.3. The molecule has 1 aromatic rings. The highest BCUT2D eigenvalue weighted by molar-refractivity contribution is 5.87. The fourth-order valence-electron chi connectivity index (χ4n) is 1.08. The highest BCUT2D eigenvalue weighted by atomic mass is 19.1. The molecule has 0 atom stereocenters. The lowest BCUT2D eigenvalue weighted by Crippen LogP contribution is -2.20. The third-order valence-electron chi connectivity index (χ3n) is 1.67. The number of hydrogen-bond donors (Lipinski definition) is 1. The number of cyclic esters (lactones) is 1. The van der Waals surface area contributed by atoms with Gasteiger partial charge in [0.15, 0.2) is 0 Å². The Kier molecular flexibility index (Phi) is 1.46. The molecule has 0 spiro atoms. The lowest BCUT2D eigenvalue weighted by molar-refractivity contribution is 0.151. The smallest absolute Gasteiger partial charge is 0.411 e. The van der Waals surface area contributed by atoms with E-state index in [2.05, 4.69) is 10.1 Å². The molecule has 0 bridgehead atoms. The number of fused-ring (bicyclic) bond motifs is 1. The van der Waals surface area contributed by atoms with Crippen molar-refractivity contribution in [1.82, 2.24) is 0 Å². The molecule has 1 heterocycles. The van der Waals surface area contributed by atoms with Crippen molar-refractivity contribution in [2.75, 3.05) is 5.32 Å². The maximum absolute atomic E-state index is 12.6. The summed E-state index contributed by atoms with van der Waals surface area (Å²) in [6.45, 7) is 0.210. The summed E-state index contributed by atoms with van der Waals surface area (Å²) in [6, 6.07) is 4.19. The second-order valence-corrected chi connectivity index (χ2v) is 2.50. The quantitative estimate of drug-likeness (QED) is 0.640. The van der Waals surface area contributed by atoms with Crippen LogP contribution in [0.25, 0.3) is 0 Å². The molecule has 0 saturated carbocycles. The van der Waals surface area contributed by atoms with Crippen molar-refractivity contribution in [3.8, 4) is 0 Å². The molecule has 4 heteroatoms. The number of halogens is 1. The third-order valence-corrected chi connectivity index (χ3v) is 1.67. The Morgan fingerprint density at radius 2 is 2.33 bits per heavy atom. The molecular formula is C8H6FNO2. The van der Waals surface area contributed by atoms with Gasteiger partial charge in [0.25, 0.3) is 0 Å². The zero-order chi connectivity index (χ0) is 8.55. The lowest BCUT2D eigenvalue weighted by atomic mass is 10.1. The monoisotopic (exact) mass is 167 g/mol. The Labute approximate surface area is 68.1 Å². The molecule has 0 radical (unpaired) electrons. The predicted octanol–water partition coefficient (Wildman–Crippen LogP) is 1.89. The van der Waals surface area contributed by atoms with E-state index in [1.54, 1.807) is 6.07 Å². The Morgan fingerprint density at radius 1 is 1.50 bits per heavy atom. The Morgan fingerprint density at radius 3 is 3.17 bits per heavy atom. The minimum absolute atomic E-state index is 0.210. The van der Waals surface area contributed by atoms with Crippen molar-refractivity contribution in [3.63, 3.8) is 0 Å². The van der Waals surface area contributed by atoms with Gasteiger partial charge in [0.05, 0.1) is 5.69 Å². The van der Waals surface area contributed by atoms with Gasteiger partial charge < -0.3 is 4.74 Å². The summed E-state index contributed by atoms with van der Waals surface area (Å²) in [5.41, 5.74) is 1.28. The van der Waals surface area contributed by atoms with Gasteiger partial charge in [-0.25, -0.2) is 9.18 Å². The molecule has 0 fully saturated rings. The molecule has 1 aliphatic heterocycles. The van der Waals surface area contributed by atoms with E-state index in [1.165, 1.54) is 12.1 Å². The first-order valence-electron chi connectivity index (χ1n) is 3.48. The Balaban J connectivity index is 2.44. The summed E-state index contributed by atoms with van der Waals surface area (Å²) in [7, 11) is 0. The maximum Gasteiger partial charge on any atom is 0.411 e. The molecule has 62 valence electrons. The van der Waals surface area contributed by atoms with Crippen molar-refractivity contribution in [2.45, 2.75) is 6.61 Å². The van der Waals surface area contributed by atoms with Gasteiger partial charge in [0.1, 0.15) is 12.4 Å². The number of benzene rings is 1. The maximum atomic E-state index is 12.6. The van der Waals surface area contributed by atoms with E-state index in [0.717, 1.165) is 5.56 Å². The summed E-state index contributed by atoms with van der Waals surface area (Å²) >= 11 is 0. The Bertz CT molecular complexity index is 338. The number of nitrogens with one attached hydrogen (secondary N) is 1. The number of carbonyl (C=O) groups excluding carboxylic acids is 1. The molecule has 1 aromatic carbocycles. The van der Waals surface area contributed by atoms with Gasteiger partial charge >= 0.3 is 6.09 Å². The molecule has 12 heavy (non-hydrogen) atoms. The van der Waals surface area contributed by atoms with Crippen LogP contribution >= 0.6 is 0 Å². The minimum Gasteiger partial charge on any atom is -0.444 e. The summed E-state index contributed by atoms with van der Waals surface area (Å²) in [5, 5.41) is 2.40. The first kappa shape index (κ1) is 7.09. The van der Waals surface area contributed by atoms with Crippen molar-refractivity contribution in [2.24, 2.45) is 0 Å². The van der Waals surface area contributed by atoms with Gasteiger partial charge in [-0.05, 0) is 12.1 Å². The molecular weight excluding hydrogens is 161 g/mol. The number of hydrogen-bond acceptors (Lipinski definition) is 2. The molecule has 0 aromatic heterocycles. The van der Waals surface area contributed by atoms with Crippen molar-refractivity contribution in [3.05, 3.63) is 29.6 Å². The summed E-state index contributed by atoms with van der Waals surface area (Å²) in [5.74, 6) is -0.365. The largest absolute Gasteiger partial charge is 0.444 e. The normalized spacial score (nSPS) is 14.6. The number of amides is 1. The van der Waals surface area contributed by atoms with Gasteiger partial charge in [-0.3, -0.25) is 5.32 Å². The molecule has 1 N–H and O–H groups in total. The molecule has 0 saturated heterocycles. The fourth-order valence-corrected chi connectivity index (χ4v) is 1.08. The minimum atomic E-state index is -0.534. The molecule has 3 nitrogen and oxygen atoms in total. The van der Waals surface area contributed by atoms with E-state index in [-0.39, 0.29) is 12.4 Å². The fraction of sp³-hybridized carbons (Fsp3) is 0.125. The van der Waals surface area contributed by atoms with E-state index in [9.17, 15) is 9.18 Å². The van der Waals surface area contributed by atoms with E-state index < -0.39 is 6.09 Å². The summed E-state index contributed by atoms with van der Waals surface area (Å²) in [4.78, 5) is 10.7. The van der Waals surface area contributed by atoms with Crippen LogP contribution in [0.3, 0.4) is 0 Å². The number of anilines is 1. The van der Waals surface area contributed by atoms with Crippen LogP contribution in [0, 0.1) is 5.82 Å². The molecule has 0 aliphatic carbocycles. The second kappa shape index (κ2) is 2.48. The SMILES string of the molecule is O=C1Nc2cc(F)ccc2CO1. The van der Waals surface area contributed by atoms with Crippen LogP contribution in [0.2, 0.25) is 0 Å². The van der Waals surface area contributed by atoms with Gasteiger partial charge in [0.2, 0.25) is 0 Å². The van der Waals surface area contributed by atoms with E-state index in [0.29, 0.717) is 5.69 Å². The Hall–Kier alpha value is -1.58. The average Bonchev–Trinajstić information content (AvgIpc) is 2.03. The first-order valence-corrected chi connectivity index (χ1v) is 3.48. The third kappa shape index (κ3) is 1.11. The zero-order valence-electron chi connectivity index (χ0n) is 6.13. The summed E-state index contributed by atoms with van der Waals surface area (Å²) in [6.07, 6.45) is -0.534. The van der Waals surface area contributed by atoms with Gasteiger partial charge in [0, 0.05) is 5.56 Å². The van der Waals surface area contributed by atoms with Gasteiger partial charge in [-0.15, -0.1) is 0 Å². The van der Waals surface area contributed by atoms with Crippen molar-refractivity contribution >= 4 is 11.8 Å². The zero-order valence-corrected chi connectivity index (χ0v) is 6.13. The highest BCUT2D eigenvalue weighted by Crippen LogP contribution is 2.21. The molecule has 1 aliphatic rings. The van der Waals surface area contributed by atoms with Gasteiger partial charge in [-0.1, -0.05) is 6.07 Å². The highest BCUT2D eigenvalue weighted by Gasteiger charge is 2.15. The topological polar surface area (TPSA) is 38.3 Å². The predicted molar refractivity (Wildman–Crippen MR) is 40.2 cm³/mol. The van der Waals surface area contributed by atoms with Gasteiger partial charge in [-0.2, -0.15) is 0 Å². The standard InChI is InChI=1S/C8H6FNO2/c9-6-2-1-5-4-12-8(11)10-7(5)3-6/h1-3H,4H2,(H,10,11). The van der Waals surface area contributed by atoms with Crippen molar-refractivity contribution < 1.29 is 13.9 Å². The van der Waals surface area contributed by atoms with Crippen LogP contribution in [0.5, 0.6) is 0 Å². The second-order valence-electron chi connectivity index (χ2n) is 2.50. The van der Waals surface area contributed by atoms with Crippen molar-refractivity contribution in [1.29, 1.82) is 0 Å². The number of carbonyl (C=O) groups is 1. The van der Waals surface area contributed by atoms with Crippen LogP contribution < -0.4 is 5.32 Å². The lowest BCUT2D eigenvalue weighted by Gasteiger charge is -2.16. The molecule has 2 rings (SSSR count). The van der Waals surface area contributed by atoms with Crippen LogP contribution in [0.4, 0.5) is 14.9 Å². The van der Waals surface area contributed by atoms with E-state index in [1.807, 2.05) is 0 Å². The van der Waals surface area contributed by atoms with E-state index >= 15 is 0 Å².